The van der Waals surface area contributed by atoms with Crippen molar-refractivity contribution < 1.29 is 19.4 Å². The smallest absolute Gasteiger partial charge is 0.408 e. The predicted octanol–water partition coefficient (Wildman–Crippen LogP) is 2.80. The fraction of sp³-hybridized carbons (Fsp3) is 0.529. The van der Waals surface area contributed by atoms with Gasteiger partial charge < -0.3 is 15.2 Å². The number of benzene rings is 1. The molecule has 0 heterocycles. The molecule has 2 N–H and O–H groups in total. The lowest BCUT2D eigenvalue weighted by Crippen LogP contribution is -2.50. The van der Waals surface area contributed by atoms with Gasteiger partial charge in [-0.25, -0.2) is 9.59 Å². The monoisotopic (exact) mass is 303 g/mol. The molecule has 0 spiro atoms. The number of alkyl carbamates (subject to hydrolysis) is 1. The average Bonchev–Trinajstić information content (AvgIpc) is 3.28. The number of carbonyl (C=O) groups excluding carboxylic acids is 1. The van der Waals surface area contributed by atoms with Crippen molar-refractivity contribution in [2.24, 2.45) is 17.8 Å². The van der Waals surface area contributed by atoms with Crippen molar-refractivity contribution in [3.05, 3.63) is 35.9 Å². The molecule has 1 aromatic rings. The van der Waals surface area contributed by atoms with Gasteiger partial charge in [-0.2, -0.15) is 0 Å². The first-order chi connectivity index (χ1) is 10.6. The zero-order valence-electron chi connectivity index (χ0n) is 12.4. The Hall–Kier alpha value is -2.04. The second kappa shape index (κ2) is 6.38. The van der Waals surface area contributed by atoms with E-state index in [-0.39, 0.29) is 12.5 Å². The molecule has 1 atom stereocenters. The molecule has 2 saturated carbocycles. The van der Waals surface area contributed by atoms with Crippen LogP contribution in [0.2, 0.25) is 0 Å². The predicted molar refractivity (Wildman–Crippen MR) is 80.1 cm³/mol. The van der Waals surface area contributed by atoms with Crippen LogP contribution >= 0.6 is 0 Å². The summed E-state index contributed by atoms with van der Waals surface area (Å²) in [6.45, 7) is 0.147. The van der Waals surface area contributed by atoms with Crippen molar-refractivity contribution >= 4 is 12.1 Å². The fourth-order valence-corrected chi connectivity index (χ4v) is 3.21. The first kappa shape index (κ1) is 14.9. The van der Waals surface area contributed by atoms with Crippen LogP contribution in [0.15, 0.2) is 30.3 Å². The molecule has 0 bridgehead atoms. The number of aliphatic carboxylic acids is 1. The Kier molecular flexibility index (Phi) is 4.32. The van der Waals surface area contributed by atoms with E-state index >= 15 is 0 Å². The number of carboxylic acid groups (broad SMARTS) is 1. The molecule has 1 amide bonds. The lowest BCUT2D eigenvalue weighted by Gasteiger charge is -2.39. The van der Waals surface area contributed by atoms with Gasteiger partial charge in [-0.05, 0) is 49.0 Å². The van der Waals surface area contributed by atoms with E-state index in [1.54, 1.807) is 0 Å². The quantitative estimate of drug-likeness (QED) is 0.847. The van der Waals surface area contributed by atoms with E-state index < -0.39 is 18.1 Å². The fourth-order valence-electron chi connectivity index (χ4n) is 3.21. The SMILES string of the molecule is O=C(NC(C(=O)O)C1CC(C2CC2)C1)OCc1ccccc1. The summed E-state index contributed by atoms with van der Waals surface area (Å²) in [4.78, 5) is 23.2. The number of hydrogen-bond donors (Lipinski definition) is 2. The van der Waals surface area contributed by atoms with E-state index in [4.69, 9.17) is 4.74 Å². The van der Waals surface area contributed by atoms with Gasteiger partial charge in [-0.3, -0.25) is 0 Å². The van der Waals surface area contributed by atoms with Gasteiger partial charge >= 0.3 is 12.1 Å². The number of nitrogens with one attached hydrogen (secondary N) is 1. The Morgan fingerprint density at radius 1 is 1.18 bits per heavy atom. The lowest BCUT2D eigenvalue weighted by molar-refractivity contribution is -0.142. The summed E-state index contributed by atoms with van der Waals surface area (Å²) in [5.41, 5.74) is 0.877. The molecule has 0 aromatic heterocycles. The zero-order chi connectivity index (χ0) is 15.5. The number of ether oxygens (including phenoxy) is 1. The Labute approximate surface area is 129 Å². The van der Waals surface area contributed by atoms with Crippen molar-refractivity contribution in [1.29, 1.82) is 0 Å². The van der Waals surface area contributed by atoms with E-state index in [1.165, 1.54) is 12.8 Å². The summed E-state index contributed by atoms with van der Waals surface area (Å²) >= 11 is 0. The topological polar surface area (TPSA) is 75.6 Å². The maximum absolute atomic E-state index is 11.8. The largest absolute Gasteiger partial charge is 0.480 e. The summed E-state index contributed by atoms with van der Waals surface area (Å²) in [5, 5.41) is 11.8. The third-order valence-corrected chi connectivity index (χ3v) is 4.72. The third-order valence-electron chi connectivity index (χ3n) is 4.72. The maximum Gasteiger partial charge on any atom is 0.408 e. The average molecular weight is 303 g/mol. The van der Waals surface area contributed by atoms with Gasteiger partial charge in [0, 0.05) is 0 Å². The van der Waals surface area contributed by atoms with Crippen LogP contribution in [-0.4, -0.2) is 23.2 Å². The van der Waals surface area contributed by atoms with Crippen LogP contribution in [0.1, 0.15) is 31.2 Å². The van der Waals surface area contributed by atoms with Crippen molar-refractivity contribution in [1.82, 2.24) is 5.32 Å². The maximum atomic E-state index is 11.8. The molecular formula is C17H21NO4. The van der Waals surface area contributed by atoms with Crippen molar-refractivity contribution in [3.63, 3.8) is 0 Å². The van der Waals surface area contributed by atoms with Gasteiger partial charge in [-0.15, -0.1) is 0 Å². The Bertz CT molecular complexity index is 535. The molecule has 2 aliphatic rings. The van der Waals surface area contributed by atoms with Crippen LogP contribution in [0, 0.1) is 17.8 Å². The second-order valence-corrected chi connectivity index (χ2v) is 6.35. The van der Waals surface area contributed by atoms with Gasteiger partial charge in [0.05, 0.1) is 0 Å². The molecule has 3 rings (SSSR count). The minimum Gasteiger partial charge on any atom is -0.480 e. The Morgan fingerprint density at radius 2 is 1.86 bits per heavy atom. The summed E-state index contributed by atoms with van der Waals surface area (Å²) in [6.07, 6.45) is 3.70. The molecule has 1 aromatic carbocycles. The second-order valence-electron chi connectivity index (χ2n) is 6.35. The van der Waals surface area contributed by atoms with Gasteiger partial charge in [0.1, 0.15) is 12.6 Å². The van der Waals surface area contributed by atoms with Crippen molar-refractivity contribution in [2.45, 2.75) is 38.3 Å². The molecule has 22 heavy (non-hydrogen) atoms. The molecule has 0 aliphatic heterocycles. The molecule has 5 nitrogen and oxygen atoms in total. The van der Waals surface area contributed by atoms with Crippen LogP contribution in [0.3, 0.4) is 0 Å². The lowest BCUT2D eigenvalue weighted by atomic mass is 9.69. The number of carbonyl (C=O) groups is 2. The Balaban J connectivity index is 1.46. The highest BCUT2D eigenvalue weighted by atomic mass is 16.5. The normalized spacial score (nSPS) is 24.9. The summed E-state index contributed by atoms with van der Waals surface area (Å²) in [5.74, 6) is 0.521. The molecule has 5 heteroatoms. The van der Waals surface area contributed by atoms with E-state index in [2.05, 4.69) is 5.32 Å². The highest BCUT2D eigenvalue weighted by Crippen LogP contribution is 2.50. The highest BCUT2D eigenvalue weighted by Gasteiger charge is 2.45. The Morgan fingerprint density at radius 3 is 2.45 bits per heavy atom. The molecule has 0 radical (unpaired) electrons. The zero-order valence-corrected chi connectivity index (χ0v) is 12.4. The molecule has 0 saturated heterocycles. The summed E-state index contributed by atoms with van der Waals surface area (Å²) < 4.78 is 5.10. The van der Waals surface area contributed by atoms with Crippen LogP contribution in [-0.2, 0) is 16.1 Å². The highest BCUT2D eigenvalue weighted by molar-refractivity contribution is 5.80. The van der Waals surface area contributed by atoms with E-state index in [0.717, 1.165) is 24.3 Å². The van der Waals surface area contributed by atoms with Crippen LogP contribution in [0.4, 0.5) is 4.79 Å². The number of hydrogen-bond acceptors (Lipinski definition) is 3. The number of carboxylic acids is 1. The summed E-state index contributed by atoms with van der Waals surface area (Å²) in [7, 11) is 0. The van der Waals surface area contributed by atoms with Gasteiger partial charge in [0.15, 0.2) is 0 Å². The molecule has 2 aliphatic carbocycles. The first-order valence-corrected chi connectivity index (χ1v) is 7.83. The molecular weight excluding hydrogens is 282 g/mol. The minimum absolute atomic E-state index is 0.0346. The molecule has 118 valence electrons. The van der Waals surface area contributed by atoms with Crippen LogP contribution in [0.5, 0.6) is 0 Å². The van der Waals surface area contributed by atoms with Crippen molar-refractivity contribution in [3.8, 4) is 0 Å². The van der Waals surface area contributed by atoms with Crippen LogP contribution in [0.25, 0.3) is 0 Å². The first-order valence-electron chi connectivity index (χ1n) is 7.83. The summed E-state index contributed by atoms with van der Waals surface area (Å²) in [6, 6.07) is 8.49. The van der Waals surface area contributed by atoms with Gasteiger partial charge in [-0.1, -0.05) is 30.3 Å². The minimum atomic E-state index is -0.976. The number of amides is 1. The number of rotatable bonds is 6. The van der Waals surface area contributed by atoms with E-state index in [0.29, 0.717) is 5.92 Å². The van der Waals surface area contributed by atoms with Gasteiger partial charge in [0.2, 0.25) is 0 Å². The van der Waals surface area contributed by atoms with E-state index in [1.807, 2.05) is 30.3 Å². The third kappa shape index (κ3) is 3.59. The molecule has 2 fully saturated rings. The standard InChI is InChI=1S/C17H21NO4/c19-16(20)15(14-8-13(9-14)12-6-7-12)18-17(21)22-10-11-4-2-1-3-5-11/h1-5,12-15H,6-10H2,(H,18,21)(H,19,20). The van der Waals surface area contributed by atoms with Crippen molar-refractivity contribution in [2.75, 3.05) is 0 Å². The van der Waals surface area contributed by atoms with Crippen LogP contribution < -0.4 is 5.32 Å². The van der Waals surface area contributed by atoms with E-state index in [9.17, 15) is 14.7 Å². The molecule has 1 unspecified atom stereocenters. The van der Waals surface area contributed by atoms with Gasteiger partial charge in [0.25, 0.3) is 0 Å².